The van der Waals surface area contributed by atoms with E-state index in [0.29, 0.717) is 34.7 Å². The number of hydrogen-bond acceptors (Lipinski definition) is 4. The zero-order chi connectivity index (χ0) is 16.2. The molecule has 5 nitrogen and oxygen atoms in total. The summed E-state index contributed by atoms with van der Waals surface area (Å²) in [6.07, 6.45) is 6.08. The third kappa shape index (κ3) is 3.55. The van der Waals surface area contributed by atoms with Crippen molar-refractivity contribution in [3.63, 3.8) is 0 Å². The molecule has 3 rings (SSSR count). The Morgan fingerprint density at radius 1 is 1.26 bits per heavy atom. The van der Waals surface area contributed by atoms with Crippen molar-refractivity contribution in [2.75, 3.05) is 13.7 Å². The molecule has 1 aromatic heterocycles. The lowest BCUT2D eigenvalue weighted by Crippen LogP contribution is -2.30. The minimum absolute atomic E-state index is 0.223. The van der Waals surface area contributed by atoms with Gasteiger partial charge in [0.25, 0.3) is 5.91 Å². The zero-order valence-electron chi connectivity index (χ0n) is 13.3. The molecule has 1 amide bonds. The third-order valence-corrected chi connectivity index (χ3v) is 4.47. The molecule has 23 heavy (non-hydrogen) atoms. The molecule has 1 N–H and O–H groups in total. The molecule has 5 heteroatoms. The Kier molecular flexibility index (Phi) is 4.65. The predicted molar refractivity (Wildman–Crippen MR) is 87.9 cm³/mol. The maximum absolute atomic E-state index is 12.5. The first-order valence-electron chi connectivity index (χ1n) is 8.07. The van der Waals surface area contributed by atoms with Crippen molar-refractivity contribution >= 4 is 16.9 Å². The highest BCUT2D eigenvalue weighted by Gasteiger charge is 2.17. The van der Waals surface area contributed by atoms with Crippen molar-refractivity contribution in [2.45, 2.75) is 32.1 Å². The fourth-order valence-electron chi connectivity index (χ4n) is 3.18. The standard InChI is InChI=1S/C18H21NO4/c1-22-13-7-8-14-15(10-17(20)23-16(14)9-13)18(21)19-11-12-5-3-2-4-6-12/h7-10,12H,2-6,11H2,1H3,(H,19,21). The zero-order valence-corrected chi connectivity index (χ0v) is 13.3. The van der Waals surface area contributed by atoms with E-state index in [1.165, 1.54) is 25.3 Å². The van der Waals surface area contributed by atoms with Gasteiger partial charge in [0.05, 0.1) is 12.7 Å². The number of methoxy groups -OCH3 is 1. The van der Waals surface area contributed by atoms with Crippen molar-refractivity contribution in [3.05, 3.63) is 40.2 Å². The summed E-state index contributed by atoms with van der Waals surface area (Å²) in [7, 11) is 1.54. The van der Waals surface area contributed by atoms with E-state index in [4.69, 9.17) is 9.15 Å². The first-order chi connectivity index (χ1) is 11.2. The normalized spacial score (nSPS) is 15.5. The van der Waals surface area contributed by atoms with Gasteiger partial charge in [0.1, 0.15) is 11.3 Å². The maximum atomic E-state index is 12.5. The Morgan fingerprint density at radius 3 is 2.78 bits per heavy atom. The summed E-state index contributed by atoms with van der Waals surface area (Å²) < 4.78 is 10.3. The highest BCUT2D eigenvalue weighted by molar-refractivity contribution is 6.05. The summed E-state index contributed by atoms with van der Waals surface area (Å²) in [6.45, 7) is 0.663. The van der Waals surface area contributed by atoms with E-state index >= 15 is 0 Å². The molecule has 122 valence electrons. The molecular formula is C18H21NO4. The van der Waals surface area contributed by atoms with Crippen LogP contribution in [-0.4, -0.2) is 19.6 Å². The third-order valence-electron chi connectivity index (χ3n) is 4.47. The Hall–Kier alpha value is -2.30. The molecule has 0 aliphatic heterocycles. The van der Waals surface area contributed by atoms with E-state index in [9.17, 15) is 9.59 Å². The number of nitrogens with one attached hydrogen (secondary N) is 1. The van der Waals surface area contributed by atoms with E-state index < -0.39 is 5.63 Å². The van der Waals surface area contributed by atoms with E-state index in [-0.39, 0.29) is 5.91 Å². The number of carbonyl (C=O) groups excluding carboxylic acids is 1. The van der Waals surface area contributed by atoms with Crippen LogP contribution < -0.4 is 15.7 Å². The molecule has 1 heterocycles. The van der Waals surface area contributed by atoms with Crippen LogP contribution in [0.5, 0.6) is 5.75 Å². The first kappa shape index (κ1) is 15.6. The second-order valence-electron chi connectivity index (χ2n) is 6.06. The fourth-order valence-corrected chi connectivity index (χ4v) is 3.18. The van der Waals surface area contributed by atoms with Gasteiger partial charge >= 0.3 is 5.63 Å². The number of rotatable bonds is 4. The average molecular weight is 315 g/mol. The van der Waals surface area contributed by atoms with Crippen LogP contribution >= 0.6 is 0 Å². The molecule has 0 spiro atoms. The van der Waals surface area contributed by atoms with Gasteiger partial charge in [-0.05, 0) is 30.9 Å². The number of benzene rings is 1. The SMILES string of the molecule is COc1ccc2c(C(=O)NCC3CCCCC3)cc(=O)oc2c1. The molecule has 0 bridgehead atoms. The van der Waals surface area contributed by atoms with Crippen LogP contribution in [0.4, 0.5) is 0 Å². The Morgan fingerprint density at radius 2 is 2.04 bits per heavy atom. The first-order valence-corrected chi connectivity index (χ1v) is 8.07. The van der Waals surface area contributed by atoms with Gasteiger partial charge in [-0.3, -0.25) is 4.79 Å². The second kappa shape index (κ2) is 6.86. The monoisotopic (exact) mass is 315 g/mol. The molecule has 2 aromatic rings. The lowest BCUT2D eigenvalue weighted by atomic mass is 9.89. The summed E-state index contributed by atoms with van der Waals surface area (Å²) >= 11 is 0. The van der Waals surface area contributed by atoms with Crippen molar-refractivity contribution < 1.29 is 13.9 Å². The maximum Gasteiger partial charge on any atom is 0.337 e. The smallest absolute Gasteiger partial charge is 0.337 e. The van der Waals surface area contributed by atoms with Crippen molar-refractivity contribution in [2.24, 2.45) is 5.92 Å². The Bertz CT molecular complexity index is 759. The quantitative estimate of drug-likeness (QED) is 0.880. The van der Waals surface area contributed by atoms with Gasteiger partial charge in [-0.15, -0.1) is 0 Å². The van der Waals surface area contributed by atoms with Crippen LogP contribution in [0.15, 0.2) is 33.5 Å². The molecule has 0 unspecified atom stereocenters. The number of hydrogen-bond donors (Lipinski definition) is 1. The summed E-state index contributed by atoms with van der Waals surface area (Å²) in [4.78, 5) is 24.2. The number of carbonyl (C=O) groups is 1. The van der Waals surface area contributed by atoms with Crippen molar-refractivity contribution in [3.8, 4) is 5.75 Å². The Labute approximate surface area is 134 Å². The predicted octanol–water partition coefficient (Wildman–Crippen LogP) is 3.11. The molecular weight excluding hydrogens is 294 g/mol. The molecule has 0 radical (unpaired) electrons. The van der Waals surface area contributed by atoms with E-state index in [1.54, 1.807) is 25.3 Å². The highest BCUT2D eigenvalue weighted by atomic mass is 16.5. The summed E-state index contributed by atoms with van der Waals surface area (Å²) in [6, 6.07) is 6.37. The van der Waals surface area contributed by atoms with E-state index in [0.717, 1.165) is 12.8 Å². The second-order valence-corrected chi connectivity index (χ2v) is 6.06. The van der Waals surface area contributed by atoms with Crippen LogP contribution in [0, 0.1) is 5.92 Å². The lowest BCUT2D eigenvalue weighted by Gasteiger charge is -2.21. The molecule has 1 aliphatic rings. The van der Waals surface area contributed by atoms with Crippen LogP contribution in [0.2, 0.25) is 0 Å². The van der Waals surface area contributed by atoms with Gasteiger partial charge in [0, 0.05) is 24.1 Å². The minimum Gasteiger partial charge on any atom is -0.497 e. The van der Waals surface area contributed by atoms with Gasteiger partial charge in [-0.25, -0.2) is 4.79 Å². The molecule has 1 aliphatic carbocycles. The van der Waals surface area contributed by atoms with Gasteiger partial charge in [0.15, 0.2) is 0 Å². The molecule has 1 aromatic carbocycles. The van der Waals surface area contributed by atoms with E-state index in [1.807, 2.05) is 0 Å². The summed E-state index contributed by atoms with van der Waals surface area (Å²) in [5.74, 6) is 0.901. The lowest BCUT2D eigenvalue weighted by molar-refractivity contribution is 0.0944. The van der Waals surface area contributed by atoms with Crippen LogP contribution in [0.3, 0.4) is 0 Å². The van der Waals surface area contributed by atoms with Crippen molar-refractivity contribution in [1.82, 2.24) is 5.32 Å². The van der Waals surface area contributed by atoms with Crippen LogP contribution in [-0.2, 0) is 0 Å². The Balaban J connectivity index is 1.83. The van der Waals surface area contributed by atoms with E-state index in [2.05, 4.69) is 5.32 Å². The molecule has 0 atom stereocenters. The van der Waals surface area contributed by atoms with Crippen LogP contribution in [0.25, 0.3) is 11.0 Å². The van der Waals surface area contributed by atoms with Crippen molar-refractivity contribution in [1.29, 1.82) is 0 Å². The molecule has 0 saturated heterocycles. The van der Waals surface area contributed by atoms with Gasteiger partial charge in [0.2, 0.25) is 0 Å². The number of amides is 1. The van der Waals surface area contributed by atoms with Gasteiger partial charge in [-0.2, -0.15) is 0 Å². The molecule has 1 saturated carbocycles. The summed E-state index contributed by atoms with van der Waals surface area (Å²) in [5.41, 5.74) is 0.183. The highest BCUT2D eigenvalue weighted by Crippen LogP contribution is 2.24. The van der Waals surface area contributed by atoms with Gasteiger partial charge < -0.3 is 14.5 Å². The minimum atomic E-state index is -0.534. The van der Waals surface area contributed by atoms with Crippen LogP contribution in [0.1, 0.15) is 42.5 Å². The fraction of sp³-hybridized carbons (Fsp3) is 0.444. The number of ether oxygens (including phenoxy) is 1. The topological polar surface area (TPSA) is 68.5 Å². The molecule has 1 fully saturated rings. The average Bonchev–Trinajstić information content (AvgIpc) is 2.59. The number of fused-ring (bicyclic) bond motifs is 1. The largest absolute Gasteiger partial charge is 0.497 e. The van der Waals surface area contributed by atoms with Gasteiger partial charge in [-0.1, -0.05) is 19.3 Å². The summed E-state index contributed by atoms with van der Waals surface area (Å²) in [5, 5.41) is 3.58.